The molecule has 0 saturated carbocycles. The molecule has 0 N–H and O–H groups in total. The van der Waals surface area contributed by atoms with Crippen LogP contribution in [-0.4, -0.2) is 0 Å². The van der Waals surface area contributed by atoms with Gasteiger partial charge in [0.1, 0.15) is 11.2 Å². The van der Waals surface area contributed by atoms with E-state index in [1.165, 1.54) is 54.6 Å². The van der Waals surface area contributed by atoms with Crippen molar-refractivity contribution in [2.45, 2.75) is 0 Å². The van der Waals surface area contributed by atoms with Gasteiger partial charge in [0.15, 0.2) is 0 Å². The Balaban J connectivity index is 1.05. The summed E-state index contributed by atoms with van der Waals surface area (Å²) < 4.78 is 6.35. The molecular weight excluding hydrogens is 607 g/mol. The summed E-state index contributed by atoms with van der Waals surface area (Å²) in [6.45, 7) is 0. The zero-order valence-corrected chi connectivity index (χ0v) is 27.3. The van der Waals surface area contributed by atoms with E-state index >= 15 is 0 Å². The quantitative estimate of drug-likeness (QED) is 0.175. The van der Waals surface area contributed by atoms with Crippen molar-refractivity contribution in [1.29, 1.82) is 0 Å². The van der Waals surface area contributed by atoms with Crippen LogP contribution in [0.15, 0.2) is 192 Å². The summed E-state index contributed by atoms with van der Waals surface area (Å²) in [7, 11) is 0. The molecule has 0 atom stereocenters. The van der Waals surface area contributed by atoms with Gasteiger partial charge in [-0.15, -0.1) is 0 Å². The Labute approximate surface area is 290 Å². The Hall–Kier alpha value is -6.64. The molecule has 0 amide bonds. The molecule has 0 aliphatic heterocycles. The number of hydrogen-bond acceptors (Lipinski definition) is 2. The van der Waals surface area contributed by atoms with E-state index in [-0.39, 0.29) is 0 Å². The molecule has 10 rings (SSSR count). The number of nitrogens with zero attached hydrogens (tertiary/aromatic N) is 1. The van der Waals surface area contributed by atoms with Crippen LogP contribution in [0.4, 0.5) is 17.1 Å². The standard InChI is InChI=1S/C48H31NO/c1-3-12-38(13-4-1)49(39-14-5-2-6-15-39)40-24-26-48-46(31-40)45-29-35(23-25-47(45)50-48)33-19-20-34-28-37(22-21-32(34)27-33)44-30-36-11-7-8-16-41(36)42-17-9-10-18-43(42)44/h1-31H. The highest BCUT2D eigenvalue weighted by molar-refractivity contribution is 6.14. The summed E-state index contributed by atoms with van der Waals surface area (Å²) in [6.07, 6.45) is 0. The molecule has 0 aliphatic rings. The zero-order chi connectivity index (χ0) is 33.0. The Morgan fingerprint density at radius 3 is 1.58 bits per heavy atom. The van der Waals surface area contributed by atoms with Crippen LogP contribution in [0.1, 0.15) is 0 Å². The van der Waals surface area contributed by atoms with Crippen molar-refractivity contribution < 1.29 is 4.42 Å². The second-order valence-corrected chi connectivity index (χ2v) is 13.0. The number of anilines is 3. The minimum Gasteiger partial charge on any atom is -0.456 e. The third kappa shape index (κ3) is 4.73. The van der Waals surface area contributed by atoms with Gasteiger partial charge in [0.2, 0.25) is 0 Å². The first kappa shape index (κ1) is 28.4. The molecule has 0 bridgehead atoms. The Morgan fingerprint density at radius 1 is 0.300 bits per heavy atom. The molecule has 234 valence electrons. The van der Waals surface area contributed by atoms with Gasteiger partial charge in [0.25, 0.3) is 0 Å². The highest BCUT2D eigenvalue weighted by atomic mass is 16.3. The number of furan rings is 1. The molecule has 0 aliphatic carbocycles. The summed E-state index contributed by atoms with van der Waals surface area (Å²) in [4.78, 5) is 2.29. The summed E-state index contributed by atoms with van der Waals surface area (Å²) in [6, 6.07) is 67.5. The molecule has 0 radical (unpaired) electrons. The molecular formula is C48H31NO. The second-order valence-electron chi connectivity index (χ2n) is 13.0. The van der Waals surface area contributed by atoms with Gasteiger partial charge in [0.05, 0.1) is 0 Å². The molecule has 50 heavy (non-hydrogen) atoms. The number of fused-ring (bicyclic) bond motifs is 7. The molecule has 1 aromatic heterocycles. The monoisotopic (exact) mass is 637 g/mol. The maximum Gasteiger partial charge on any atom is 0.135 e. The predicted molar refractivity (Wildman–Crippen MR) is 212 cm³/mol. The fraction of sp³-hybridized carbons (Fsp3) is 0. The predicted octanol–water partition coefficient (Wildman–Crippen LogP) is 13.8. The molecule has 0 fully saturated rings. The van der Waals surface area contributed by atoms with Crippen molar-refractivity contribution in [2.24, 2.45) is 0 Å². The van der Waals surface area contributed by atoms with E-state index in [1.807, 2.05) is 0 Å². The van der Waals surface area contributed by atoms with Gasteiger partial charge in [-0.1, -0.05) is 115 Å². The lowest BCUT2D eigenvalue weighted by atomic mass is 9.92. The van der Waals surface area contributed by atoms with Gasteiger partial charge in [-0.05, 0) is 127 Å². The van der Waals surface area contributed by atoms with Crippen LogP contribution < -0.4 is 4.90 Å². The Morgan fingerprint density at radius 2 is 0.840 bits per heavy atom. The van der Waals surface area contributed by atoms with Crippen LogP contribution in [0.3, 0.4) is 0 Å². The summed E-state index contributed by atoms with van der Waals surface area (Å²) in [5.41, 5.74) is 9.93. The summed E-state index contributed by atoms with van der Waals surface area (Å²) in [5, 5.41) is 9.78. The molecule has 10 aromatic rings. The van der Waals surface area contributed by atoms with Gasteiger partial charge >= 0.3 is 0 Å². The van der Waals surface area contributed by atoms with Crippen molar-refractivity contribution in [1.82, 2.24) is 0 Å². The average molecular weight is 638 g/mol. The van der Waals surface area contributed by atoms with Gasteiger partial charge in [-0.25, -0.2) is 0 Å². The van der Waals surface area contributed by atoms with Crippen molar-refractivity contribution >= 4 is 71.3 Å². The van der Waals surface area contributed by atoms with Gasteiger partial charge < -0.3 is 9.32 Å². The maximum absolute atomic E-state index is 6.35. The lowest BCUT2D eigenvalue weighted by Gasteiger charge is -2.25. The molecule has 1 heterocycles. The minimum atomic E-state index is 0.884. The van der Waals surface area contributed by atoms with Crippen LogP contribution in [-0.2, 0) is 0 Å². The van der Waals surface area contributed by atoms with E-state index in [0.717, 1.165) is 39.0 Å². The largest absolute Gasteiger partial charge is 0.456 e. The lowest BCUT2D eigenvalue weighted by molar-refractivity contribution is 0.669. The topological polar surface area (TPSA) is 16.4 Å². The Bertz CT molecular complexity index is 2830. The van der Waals surface area contributed by atoms with Gasteiger partial charge in [0, 0.05) is 27.8 Å². The molecule has 0 spiro atoms. The highest BCUT2D eigenvalue weighted by Gasteiger charge is 2.16. The first-order valence-corrected chi connectivity index (χ1v) is 17.1. The molecule has 0 unspecified atom stereocenters. The van der Waals surface area contributed by atoms with E-state index in [1.54, 1.807) is 0 Å². The fourth-order valence-electron chi connectivity index (χ4n) is 7.57. The Kier molecular flexibility index (Phi) is 6.53. The average Bonchev–Trinajstić information content (AvgIpc) is 3.55. The maximum atomic E-state index is 6.35. The SMILES string of the molecule is c1ccc(N(c2ccccc2)c2ccc3oc4ccc(-c5ccc6cc(-c7cc8ccccc8c8ccccc78)ccc6c5)cc4c3c2)cc1. The van der Waals surface area contributed by atoms with Gasteiger partial charge in [-0.3, -0.25) is 0 Å². The van der Waals surface area contributed by atoms with Crippen LogP contribution in [0.2, 0.25) is 0 Å². The van der Waals surface area contributed by atoms with Gasteiger partial charge in [-0.2, -0.15) is 0 Å². The normalized spacial score (nSPS) is 11.6. The number of benzene rings is 9. The fourth-order valence-corrected chi connectivity index (χ4v) is 7.57. The van der Waals surface area contributed by atoms with Crippen LogP contribution in [0.5, 0.6) is 0 Å². The minimum absolute atomic E-state index is 0.884. The van der Waals surface area contributed by atoms with Crippen molar-refractivity contribution in [3.05, 3.63) is 188 Å². The summed E-state index contributed by atoms with van der Waals surface area (Å²) in [5.74, 6) is 0. The van der Waals surface area contributed by atoms with Crippen LogP contribution in [0, 0.1) is 0 Å². The zero-order valence-electron chi connectivity index (χ0n) is 27.3. The first-order chi connectivity index (χ1) is 24.8. The highest BCUT2D eigenvalue weighted by Crippen LogP contribution is 2.40. The van der Waals surface area contributed by atoms with Crippen LogP contribution >= 0.6 is 0 Å². The smallest absolute Gasteiger partial charge is 0.135 e. The first-order valence-electron chi connectivity index (χ1n) is 17.1. The molecule has 9 aromatic carbocycles. The summed E-state index contributed by atoms with van der Waals surface area (Å²) >= 11 is 0. The van der Waals surface area contributed by atoms with E-state index in [9.17, 15) is 0 Å². The van der Waals surface area contributed by atoms with Crippen molar-refractivity contribution in [3.8, 4) is 22.3 Å². The third-order valence-electron chi connectivity index (χ3n) is 9.99. The number of rotatable bonds is 5. The van der Waals surface area contributed by atoms with Crippen molar-refractivity contribution in [2.75, 3.05) is 4.90 Å². The number of hydrogen-bond donors (Lipinski definition) is 0. The third-order valence-corrected chi connectivity index (χ3v) is 9.99. The number of para-hydroxylation sites is 2. The van der Waals surface area contributed by atoms with E-state index < -0.39 is 0 Å². The van der Waals surface area contributed by atoms with E-state index in [0.29, 0.717) is 0 Å². The molecule has 0 saturated heterocycles. The van der Waals surface area contributed by atoms with Crippen LogP contribution in [0.25, 0.3) is 76.5 Å². The van der Waals surface area contributed by atoms with E-state index in [2.05, 4.69) is 193 Å². The van der Waals surface area contributed by atoms with E-state index in [4.69, 9.17) is 4.42 Å². The van der Waals surface area contributed by atoms with Crippen molar-refractivity contribution in [3.63, 3.8) is 0 Å². The molecule has 2 nitrogen and oxygen atoms in total. The lowest BCUT2D eigenvalue weighted by Crippen LogP contribution is -2.09. The second kappa shape index (κ2) is 11.5. The molecule has 2 heteroatoms.